The Labute approximate surface area is 109 Å². The summed E-state index contributed by atoms with van der Waals surface area (Å²) in [4.78, 5) is 0. The van der Waals surface area contributed by atoms with Crippen LogP contribution in [-0.4, -0.2) is 0 Å². The number of hydrogen-bond acceptors (Lipinski definition) is 1. The lowest BCUT2D eigenvalue weighted by molar-refractivity contribution is 0.481. The van der Waals surface area contributed by atoms with Crippen LogP contribution in [0.25, 0.3) is 5.57 Å². The SMILES string of the molecule is [CH2]CC=C(C)c1ccccc1Oc1ccccc1. The molecule has 0 saturated heterocycles. The summed E-state index contributed by atoms with van der Waals surface area (Å²) >= 11 is 0. The van der Waals surface area contributed by atoms with Gasteiger partial charge in [0.2, 0.25) is 0 Å². The van der Waals surface area contributed by atoms with E-state index in [0.717, 1.165) is 23.5 Å². The minimum atomic E-state index is 0.783. The molecule has 0 N–H and O–H groups in total. The fourth-order valence-corrected chi connectivity index (χ4v) is 1.82. The quantitative estimate of drug-likeness (QED) is 0.718. The van der Waals surface area contributed by atoms with Crippen molar-refractivity contribution >= 4 is 5.57 Å². The van der Waals surface area contributed by atoms with Crippen LogP contribution in [0.4, 0.5) is 0 Å². The molecule has 0 unspecified atom stereocenters. The van der Waals surface area contributed by atoms with Gasteiger partial charge < -0.3 is 4.74 Å². The molecule has 0 fully saturated rings. The van der Waals surface area contributed by atoms with Crippen molar-refractivity contribution in [3.05, 3.63) is 73.2 Å². The number of hydrogen-bond donors (Lipinski definition) is 0. The van der Waals surface area contributed by atoms with Crippen molar-refractivity contribution in [1.29, 1.82) is 0 Å². The minimum Gasteiger partial charge on any atom is -0.457 e. The van der Waals surface area contributed by atoms with Crippen LogP contribution in [0, 0.1) is 6.92 Å². The number of allylic oxidation sites excluding steroid dienone is 2. The molecule has 0 saturated carbocycles. The molecule has 0 aliphatic heterocycles. The average molecular weight is 237 g/mol. The molecule has 1 radical (unpaired) electrons. The van der Waals surface area contributed by atoms with Gasteiger partial charge >= 0.3 is 0 Å². The maximum Gasteiger partial charge on any atom is 0.134 e. The maximum absolute atomic E-state index is 5.92. The Balaban J connectivity index is 2.31. The molecule has 0 aliphatic rings. The summed E-state index contributed by atoms with van der Waals surface area (Å²) < 4.78 is 5.92. The summed E-state index contributed by atoms with van der Waals surface area (Å²) in [6, 6.07) is 17.9. The van der Waals surface area contributed by atoms with Gasteiger partial charge in [0.15, 0.2) is 0 Å². The van der Waals surface area contributed by atoms with E-state index in [-0.39, 0.29) is 0 Å². The van der Waals surface area contributed by atoms with Crippen molar-refractivity contribution in [1.82, 2.24) is 0 Å². The number of para-hydroxylation sites is 2. The van der Waals surface area contributed by atoms with Crippen molar-refractivity contribution in [2.75, 3.05) is 0 Å². The summed E-state index contributed by atoms with van der Waals surface area (Å²) in [7, 11) is 0. The lowest BCUT2D eigenvalue weighted by Gasteiger charge is -2.11. The van der Waals surface area contributed by atoms with Crippen LogP contribution < -0.4 is 4.74 Å². The Morgan fingerprint density at radius 2 is 1.72 bits per heavy atom. The largest absolute Gasteiger partial charge is 0.457 e. The zero-order chi connectivity index (χ0) is 12.8. The molecular formula is C17H17O. The first-order valence-corrected chi connectivity index (χ1v) is 6.09. The first kappa shape index (κ1) is 12.4. The zero-order valence-electron chi connectivity index (χ0n) is 10.6. The van der Waals surface area contributed by atoms with Crippen molar-refractivity contribution in [3.63, 3.8) is 0 Å². The molecule has 0 aliphatic carbocycles. The maximum atomic E-state index is 5.92. The summed E-state index contributed by atoms with van der Waals surface area (Å²) in [6.45, 7) is 5.93. The number of benzene rings is 2. The summed E-state index contributed by atoms with van der Waals surface area (Å²) in [5.41, 5.74) is 2.31. The lowest BCUT2D eigenvalue weighted by atomic mass is 10.1. The molecule has 0 heterocycles. The fraction of sp³-hybridized carbons (Fsp3) is 0.118. The predicted octanol–water partition coefficient (Wildman–Crippen LogP) is 5.11. The monoisotopic (exact) mass is 237 g/mol. The molecule has 0 amide bonds. The fourth-order valence-electron chi connectivity index (χ4n) is 1.82. The van der Waals surface area contributed by atoms with Gasteiger partial charge in [0.25, 0.3) is 0 Å². The van der Waals surface area contributed by atoms with E-state index in [2.05, 4.69) is 26.0 Å². The topological polar surface area (TPSA) is 9.23 Å². The van der Waals surface area contributed by atoms with Crippen LogP contribution in [0.1, 0.15) is 18.9 Å². The number of rotatable bonds is 4. The van der Waals surface area contributed by atoms with E-state index in [4.69, 9.17) is 4.74 Å². The second-order valence-electron chi connectivity index (χ2n) is 4.09. The molecule has 2 aromatic carbocycles. The van der Waals surface area contributed by atoms with Crippen molar-refractivity contribution < 1.29 is 4.74 Å². The molecule has 2 aromatic rings. The van der Waals surface area contributed by atoms with Gasteiger partial charge in [0.1, 0.15) is 11.5 Å². The van der Waals surface area contributed by atoms with Gasteiger partial charge in [-0.25, -0.2) is 0 Å². The van der Waals surface area contributed by atoms with Crippen LogP contribution in [0.3, 0.4) is 0 Å². The molecular weight excluding hydrogens is 220 g/mol. The highest BCUT2D eigenvalue weighted by Crippen LogP contribution is 2.29. The van der Waals surface area contributed by atoms with Crippen molar-refractivity contribution in [2.24, 2.45) is 0 Å². The van der Waals surface area contributed by atoms with Gasteiger partial charge in [-0.1, -0.05) is 42.5 Å². The van der Waals surface area contributed by atoms with Gasteiger partial charge in [-0.15, -0.1) is 0 Å². The van der Waals surface area contributed by atoms with Gasteiger partial charge in [0, 0.05) is 5.56 Å². The molecule has 0 aromatic heterocycles. The Morgan fingerprint density at radius 3 is 2.44 bits per heavy atom. The van der Waals surface area contributed by atoms with E-state index in [9.17, 15) is 0 Å². The highest BCUT2D eigenvalue weighted by molar-refractivity contribution is 5.69. The molecule has 0 spiro atoms. The smallest absolute Gasteiger partial charge is 0.134 e. The van der Waals surface area contributed by atoms with Crippen LogP contribution in [-0.2, 0) is 0 Å². The van der Waals surface area contributed by atoms with Crippen molar-refractivity contribution in [2.45, 2.75) is 13.3 Å². The molecule has 1 heteroatoms. The Kier molecular flexibility index (Phi) is 4.19. The minimum absolute atomic E-state index is 0.783. The summed E-state index contributed by atoms with van der Waals surface area (Å²) in [5.74, 6) is 1.73. The Morgan fingerprint density at radius 1 is 1.06 bits per heavy atom. The van der Waals surface area contributed by atoms with Crippen molar-refractivity contribution in [3.8, 4) is 11.5 Å². The molecule has 18 heavy (non-hydrogen) atoms. The highest BCUT2D eigenvalue weighted by Gasteiger charge is 2.05. The third-order valence-electron chi connectivity index (χ3n) is 2.73. The average Bonchev–Trinajstić information content (AvgIpc) is 2.41. The van der Waals surface area contributed by atoms with Gasteiger partial charge in [-0.2, -0.15) is 0 Å². The molecule has 0 bridgehead atoms. The van der Waals surface area contributed by atoms with Gasteiger partial charge in [0.05, 0.1) is 0 Å². The molecule has 1 nitrogen and oxygen atoms in total. The van der Waals surface area contributed by atoms with E-state index in [1.54, 1.807) is 0 Å². The first-order chi connectivity index (χ1) is 8.81. The van der Waals surface area contributed by atoms with E-state index >= 15 is 0 Å². The van der Waals surface area contributed by atoms with Crippen LogP contribution in [0.15, 0.2) is 60.7 Å². The second kappa shape index (κ2) is 6.06. The van der Waals surface area contributed by atoms with Crippen LogP contribution >= 0.6 is 0 Å². The van der Waals surface area contributed by atoms with Crippen LogP contribution in [0.2, 0.25) is 0 Å². The third kappa shape index (κ3) is 3.01. The second-order valence-corrected chi connectivity index (χ2v) is 4.09. The molecule has 91 valence electrons. The highest BCUT2D eigenvalue weighted by atomic mass is 16.5. The van der Waals surface area contributed by atoms with Gasteiger partial charge in [-0.05, 0) is 44.0 Å². The third-order valence-corrected chi connectivity index (χ3v) is 2.73. The lowest BCUT2D eigenvalue weighted by Crippen LogP contribution is -1.89. The normalized spacial score (nSPS) is 11.3. The predicted molar refractivity (Wildman–Crippen MR) is 76.6 cm³/mol. The Hall–Kier alpha value is -2.02. The van der Waals surface area contributed by atoms with Crippen LogP contribution in [0.5, 0.6) is 11.5 Å². The standard InChI is InChI=1S/C17H17O/c1-3-9-14(2)16-12-7-8-13-17(16)18-15-10-5-4-6-11-15/h4-13H,1,3H2,2H3. The Bertz CT molecular complexity index is 526. The molecule has 0 atom stereocenters. The molecule has 2 rings (SSSR count). The first-order valence-electron chi connectivity index (χ1n) is 6.09. The van der Waals surface area contributed by atoms with E-state index < -0.39 is 0 Å². The number of ether oxygens (including phenoxy) is 1. The van der Waals surface area contributed by atoms with E-state index in [1.165, 1.54) is 5.57 Å². The zero-order valence-corrected chi connectivity index (χ0v) is 10.6. The van der Waals surface area contributed by atoms with E-state index in [0.29, 0.717) is 0 Å². The summed E-state index contributed by atoms with van der Waals surface area (Å²) in [5, 5.41) is 0. The van der Waals surface area contributed by atoms with Gasteiger partial charge in [-0.3, -0.25) is 0 Å². The van der Waals surface area contributed by atoms with E-state index in [1.807, 2.05) is 48.5 Å². The summed E-state index contributed by atoms with van der Waals surface area (Å²) in [6.07, 6.45) is 2.89.